The lowest BCUT2D eigenvalue weighted by molar-refractivity contribution is -0.152. The molecule has 0 atom stereocenters. The number of hydrogen-bond donors (Lipinski definition) is 1. The lowest BCUT2D eigenvalue weighted by atomic mass is 9.49. The third-order valence-corrected chi connectivity index (χ3v) is 9.46. The molecule has 2 heterocycles. The van der Waals surface area contributed by atoms with Crippen molar-refractivity contribution < 1.29 is 19.1 Å². The quantitative estimate of drug-likeness (QED) is 0.389. The van der Waals surface area contributed by atoms with Gasteiger partial charge in [0.05, 0.1) is 17.4 Å². The number of thiocarbonyl (C=S) groups is 1. The molecule has 1 aromatic heterocycles. The number of nitrogens with one attached hydrogen (secondary N) is 1. The molecule has 0 unspecified atom stereocenters. The Hall–Kier alpha value is -2.91. The number of hydrogen-bond acceptors (Lipinski definition) is 7. The van der Waals surface area contributed by atoms with E-state index in [1.54, 1.807) is 25.6 Å². The summed E-state index contributed by atoms with van der Waals surface area (Å²) in [4.78, 5) is 31.2. The Balaban J connectivity index is 1.14. The Morgan fingerprint density at radius 2 is 1.81 bits per heavy atom. The molecule has 37 heavy (non-hydrogen) atoms. The lowest BCUT2D eigenvalue weighted by Gasteiger charge is -2.55. The van der Waals surface area contributed by atoms with E-state index in [4.69, 9.17) is 21.7 Å². The van der Waals surface area contributed by atoms with Crippen LogP contribution < -0.4 is 14.9 Å². The molecule has 1 aliphatic heterocycles. The minimum absolute atomic E-state index is 0.0403. The van der Waals surface area contributed by atoms with E-state index in [2.05, 4.69) is 10.4 Å². The van der Waals surface area contributed by atoms with E-state index in [0.717, 1.165) is 30.4 Å². The zero-order valence-corrected chi connectivity index (χ0v) is 22.3. The van der Waals surface area contributed by atoms with Crippen LogP contribution >= 0.6 is 24.0 Å². The van der Waals surface area contributed by atoms with E-state index in [1.807, 2.05) is 30.3 Å². The van der Waals surface area contributed by atoms with Crippen molar-refractivity contribution in [3.8, 4) is 11.5 Å². The number of hydrazine groups is 1. The fourth-order valence-electron chi connectivity index (χ4n) is 6.86. The summed E-state index contributed by atoms with van der Waals surface area (Å²) < 4.78 is 11.8. The van der Waals surface area contributed by atoms with Crippen LogP contribution in [0.15, 0.2) is 47.6 Å². The molecule has 2 amide bonds. The van der Waals surface area contributed by atoms with Crippen molar-refractivity contribution in [2.75, 3.05) is 7.11 Å². The molecule has 192 valence electrons. The molecule has 1 aromatic carbocycles. The summed E-state index contributed by atoms with van der Waals surface area (Å²) >= 11 is 6.68. The van der Waals surface area contributed by atoms with Crippen LogP contribution in [0.5, 0.6) is 11.5 Å². The normalized spacial score (nSPS) is 29.2. The second kappa shape index (κ2) is 9.76. The molecule has 5 fully saturated rings. The zero-order valence-electron chi connectivity index (χ0n) is 20.6. The number of ether oxygens (including phenoxy) is 2. The maximum absolute atomic E-state index is 13.5. The highest BCUT2D eigenvalue weighted by Gasteiger charge is 2.55. The van der Waals surface area contributed by atoms with Gasteiger partial charge in [-0.15, -0.1) is 0 Å². The van der Waals surface area contributed by atoms with Crippen LogP contribution in [0.3, 0.4) is 0 Å². The minimum Gasteiger partial charge on any atom is -0.493 e. The molecule has 4 bridgehead atoms. The van der Waals surface area contributed by atoms with Crippen molar-refractivity contribution in [3.63, 3.8) is 0 Å². The third kappa shape index (κ3) is 4.75. The monoisotopic (exact) mass is 535 g/mol. The molecule has 4 saturated carbocycles. The zero-order chi connectivity index (χ0) is 25.6. The first-order chi connectivity index (χ1) is 17.9. The topological polar surface area (TPSA) is 80.8 Å². The van der Waals surface area contributed by atoms with Gasteiger partial charge in [0.25, 0.3) is 5.91 Å². The average molecular weight is 536 g/mol. The number of pyridine rings is 1. The van der Waals surface area contributed by atoms with E-state index >= 15 is 0 Å². The molecule has 7 nitrogen and oxygen atoms in total. The van der Waals surface area contributed by atoms with Gasteiger partial charge in [0.1, 0.15) is 6.61 Å². The predicted octanol–water partition coefficient (Wildman–Crippen LogP) is 5.12. The molecule has 4 aliphatic carbocycles. The van der Waals surface area contributed by atoms with Gasteiger partial charge in [-0.1, -0.05) is 17.8 Å². The second-order valence-electron chi connectivity index (χ2n) is 10.7. The van der Waals surface area contributed by atoms with Crippen LogP contribution in [-0.4, -0.2) is 33.2 Å². The molecular weight excluding hydrogens is 506 g/mol. The van der Waals surface area contributed by atoms with Gasteiger partial charge in [-0.2, -0.15) is 5.01 Å². The minimum atomic E-state index is -0.346. The van der Waals surface area contributed by atoms with Crippen molar-refractivity contribution >= 4 is 46.2 Å². The molecule has 0 spiro atoms. The number of carbonyl (C=O) groups is 2. The van der Waals surface area contributed by atoms with E-state index in [0.29, 0.717) is 45.1 Å². The Bertz CT molecular complexity index is 1240. The number of carbonyl (C=O) groups excluding carboxylic acids is 2. The maximum atomic E-state index is 13.5. The summed E-state index contributed by atoms with van der Waals surface area (Å²) in [5.74, 6) is 2.77. The molecule has 5 aliphatic rings. The van der Waals surface area contributed by atoms with Crippen molar-refractivity contribution in [2.24, 2.45) is 23.2 Å². The highest BCUT2D eigenvalue weighted by atomic mass is 32.2. The lowest BCUT2D eigenvalue weighted by Crippen LogP contribution is -2.57. The van der Waals surface area contributed by atoms with Gasteiger partial charge < -0.3 is 9.47 Å². The van der Waals surface area contributed by atoms with Crippen molar-refractivity contribution in [2.45, 2.75) is 45.1 Å². The van der Waals surface area contributed by atoms with Gasteiger partial charge in [0.15, 0.2) is 15.8 Å². The number of amides is 2. The van der Waals surface area contributed by atoms with Gasteiger partial charge >= 0.3 is 0 Å². The molecule has 7 rings (SSSR count). The van der Waals surface area contributed by atoms with Gasteiger partial charge in [0.2, 0.25) is 5.91 Å². The highest BCUT2D eigenvalue weighted by Crippen LogP contribution is 2.60. The first-order valence-electron chi connectivity index (χ1n) is 12.7. The number of thioether (sulfide) groups is 1. The van der Waals surface area contributed by atoms with E-state index in [1.165, 1.54) is 36.0 Å². The Morgan fingerprint density at radius 3 is 2.46 bits per heavy atom. The Labute approximate surface area is 226 Å². The van der Waals surface area contributed by atoms with Crippen molar-refractivity contribution in [1.82, 2.24) is 15.4 Å². The molecule has 1 saturated heterocycles. The van der Waals surface area contributed by atoms with E-state index < -0.39 is 0 Å². The number of methoxy groups -OCH3 is 1. The Kier molecular flexibility index (Phi) is 6.44. The summed E-state index contributed by atoms with van der Waals surface area (Å²) in [5, 5.41) is 1.26. The summed E-state index contributed by atoms with van der Waals surface area (Å²) in [6.07, 6.45) is 11.8. The van der Waals surface area contributed by atoms with Gasteiger partial charge in [-0.3, -0.25) is 20.0 Å². The van der Waals surface area contributed by atoms with Crippen molar-refractivity contribution in [1.29, 1.82) is 0 Å². The molecule has 0 radical (unpaired) electrons. The van der Waals surface area contributed by atoms with Crippen LogP contribution in [0.2, 0.25) is 0 Å². The molecule has 2 aromatic rings. The first kappa shape index (κ1) is 24.4. The summed E-state index contributed by atoms with van der Waals surface area (Å²) in [7, 11) is 1.58. The molecule has 9 heteroatoms. The van der Waals surface area contributed by atoms with Crippen LogP contribution in [0.1, 0.15) is 49.7 Å². The number of benzene rings is 1. The van der Waals surface area contributed by atoms with Gasteiger partial charge in [0, 0.05) is 12.4 Å². The smallest absolute Gasteiger partial charge is 0.285 e. The van der Waals surface area contributed by atoms with Crippen molar-refractivity contribution in [3.05, 3.63) is 58.8 Å². The third-order valence-electron chi connectivity index (χ3n) is 8.16. The van der Waals surface area contributed by atoms with Crippen LogP contribution in [0, 0.1) is 23.2 Å². The number of rotatable bonds is 7. The predicted molar refractivity (Wildman–Crippen MR) is 145 cm³/mol. The molecule has 1 N–H and O–H groups in total. The summed E-state index contributed by atoms with van der Waals surface area (Å²) in [6, 6.07) is 9.30. The number of nitrogens with zero attached hydrogens (tertiary/aromatic N) is 2. The highest BCUT2D eigenvalue weighted by molar-refractivity contribution is 8.26. The average Bonchev–Trinajstić information content (AvgIpc) is 3.14. The van der Waals surface area contributed by atoms with Gasteiger partial charge in [-0.25, -0.2) is 0 Å². The van der Waals surface area contributed by atoms with Crippen LogP contribution in [0.4, 0.5) is 0 Å². The number of aromatic nitrogens is 1. The van der Waals surface area contributed by atoms with E-state index in [-0.39, 0.29) is 17.2 Å². The summed E-state index contributed by atoms with van der Waals surface area (Å²) in [5.41, 5.74) is 4.34. The molecular formula is C28H29N3O4S2. The first-order valence-corrected chi connectivity index (χ1v) is 13.9. The van der Waals surface area contributed by atoms with Gasteiger partial charge in [-0.05, 0) is 110 Å². The maximum Gasteiger partial charge on any atom is 0.285 e. The largest absolute Gasteiger partial charge is 0.493 e. The van der Waals surface area contributed by atoms with E-state index in [9.17, 15) is 9.59 Å². The summed E-state index contributed by atoms with van der Waals surface area (Å²) in [6.45, 7) is 0.389. The fourth-order valence-corrected chi connectivity index (χ4v) is 8.04. The second-order valence-corrected chi connectivity index (χ2v) is 12.4. The standard InChI is InChI=1S/C28H29N3O4S2/c1-34-23-11-18(2-3-22(23)35-16-17-4-6-29-7-5-17)12-24-25(32)31(27(36)37-24)30-26(33)28-13-19-8-20(14-28)10-21(9-19)15-28/h2-7,11-12,19-21H,8-10,13-16H2,1H3,(H,30,33)/b24-12+. The van der Waals surface area contributed by atoms with Crippen LogP contribution in [-0.2, 0) is 16.2 Å². The van der Waals surface area contributed by atoms with Crippen LogP contribution in [0.25, 0.3) is 6.08 Å². The Morgan fingerprint density at radius 1 is 1.14 bits per heavy atom. The fraction of sp³-hybridized carbons (Fsp3) is 0.429. The SMILES string of the molecule is COc1cc(/C=C2/SC(=S)N(NC(=O)C34CC5CC(CC(C5)C3)C4)C2=O)ccc1OCc1ccncc1.